The maximum absolute atomic E-state index is 11.9. The Morgan fingerprint density at radius 1 is 1.37 bits per heavy atom. The molecule has 0 radical (unpaired) electrons. The lowest BCUT2D eigenvalue weighted by Gasteiger charge is -2.15. The predicted octanol–water partition coefficient (Wildman–Crippen LogP) is 2.00. The van der Waals surface area contributed by atoms with E-state index in [1.807, 2.05) is 30.3 Å². The molecule has 4 nitrogen and oxygen atoms in total. The molecule has 0 aliphatic heterocycles. The largest absolute Gasteiger partial charge is 0.394 e. The average Bonchev–Trinajstić information content (AvgIpc) is 2.86. The molecule has 0 fully saturated rings. The summed E-state index contributed by atoms with van der Waals surface area (Å²) in [6, 6.07) is 10.9. The fourth-order valence-corrected chi connectivity index (χ4v) is 1.99. The van der Waals surface area contributed by atoms with Gasteiger partial charge in [0.2, 0.25) is 0 Å². The number of amides is 1. The van der Waals surface area contributed by atoms with E-state index in [0.29, 0.717) is 17.1 Å². The first-order chi connectivity index (χ1) is 9.19. The minimum Gasteiger partial charge on any atom is -0.394 e. The van der Waals surface area contributed by atoms with E-state index in [0.717, 1.165) is 5.56 Å². The fourth-order valence-electron chi connectivity index (χ4n) is 1.82. The van der Waals surface area contributed by atoms with Crippen molar-refractivity contribution >= 4 is 17.5 Å². The van der Waals surface area contributed by atoms with Gasteiger partial charge in [0.25, 0.3) is 5.91 Å². The van der Waals surface area contributed by atoms with Gasteiger partial charge in [0.15, 0.2) is 0 Å². The van der Waals surface area contributed by atoms with E-state index in [-0.39, 0.29) is 18.6 Å². The van der Waals surface area contributed by atoms with E-state index in [9.17, 15) is 9.90 Å². The molecule has 0 saturated heterocycles. The Labute approximate surface area is 116 Å². The molecule has 5 heteroatoms. The standard InChI is InChI=1S/C14H15ClN2O2/c15-11-7-13(16-8-11)14(19)17-12(9-18)6-10-4-2-1-3-5-10/h1-5,7-8,12,16,18H,6,9H2,(H,17,19)/t12-/m1/s1. The monoisotopic (exact) mass is 278 g/mol. The molecule has 0 spiro atoms. The highest BCUT2D eigenvalue weighted by molar-refractivity contribution is 6.30. The molecule has 2 aromatic rings. The lowest BCUT2D eigenvalue weighted by molar-refractivity contribution is 0.0912. The number of aromatic nitrogens is 1. The third-order valence-corrected chi connectivity index (χ3v) is 2.99. The summed E-state index contributed by atoms with van der Waals surface area (Å²) in [6.45, 7) is -0.116. The summed E-state index contributed by atoms with van der Waals surface area (Å²) in [5, 5.41) is 12.6. The first-order valence-electron chi connectivity index (χ1n) is 5.98. The normalized spacial score (nSPS) is 12.1. The molecular weight excluding hydrogens is 264 g/mol. The number of aliphatic hydroxyl groups excluding tert-OH is 1. The molecule has 19 heavy (non-hydrogen) atoms. The van der Waals surface area contributed by atoms with Crippen LogP contribution in [0.1, 0.15) is 16.1 Å². The highest BCUT2D eigenvalue weighted by Gasteiger charge is 2.14. The van der Waals surface area contributed by atoms with Gasteiger partial charge in [-0.3, -0.25) is 4.79 Å². The molecule has 2 rings (SSSR count). The van der Waals surface area contributed by atoms with Crippen LogP contribution in [0.15, 0.2) is 42.6 Å². The molecule has 3 N–H and O–H groups in total. The zero-order valence-electron chi connectivity index (χ0n) is 10.3. The Hall–Kier alpha value is -1.78. The second-order valence-electron chi connectivity index (χ2n) is 4.27. The third kappa shape index (κ3) is 3.84. The van der Waals surface area contributed by atoms with E-state index < -0.39 is 0 Å². The second-order valence-corrected chi connectivity index (χ2v) is 4.71. The van der Waals surface area contributed by atoms with Gasteiger partial charge < -0.3 is 15.4 Å². The van der Waals surface area contributed by atoms with Crippen molar-refractivity contribution in [2.75, 3.05) is 6.61 Å². The van der Waals surface area contributed by atoms with Gasteiger partial charge in [-0.1, -0.05) is 41.9 Å². The van der Waals surface area contributed by atoms with Crippen LogP contribution in [0.4, 0.5) is 0 Å². The predicted molar refractivity (Wildman–Crippen MR) is 74.3 cm³/mol. The zero-order valence-corrected chi connectivity index (χ0v) is 11.0. The summed E-state index contributed by atoms with van der Waals surface area (Å²) >= 11 is 5.74. The van der Waals surface area contributed by atoms with Crippen LogP contribution in [-0.2, 0) is 6.42 Å². The van der Waals surface area contributed by atoms with Crippen molar-refractivity contribution in [2.45, 2.75) is 12.5 Å². The Kier molecular flexibility index (Phi) is 4.60. The van der Waals surface area contributed by atoms with Gasteiger partial charge in [-0.2, -0.15) is 0 Å². The first-order valence-corrected chi connectivity index (χ1v) is 6.36. The quantitative estimate of drug-likeness (QED) is 0.783. The number of aromatic amines is 1. The van der Waals surface area contributed by atoms with Gasteiger partial charge in [0, 0.05) is 6.20 Å². The average molecular weight is 279 g/mol. The number of carbonyl (C=O) groups is 1. The molecular formula is C14H15ClN2O2. The molecule has 1 atom stereocenters. The van der Waals surface area contributed by atoms with Crippen molar-refractivity contribution in [2.24, 2.45) is 0 Å². The Bertz CT molecular complexity index is 539. The molecule has 0 aliphatic carbocycles. The number of nitrogens with one attached hydrogen (secondary N) is 2. The van der Waals surface area contributed by atoms with E-state index in [1.54, 1.807) is 12.3 Å². The number of halogens is 1. The number of hydrogen-bond donors (Lipinski definition) is 3. The van der Waals surface area contributed by atoms with Crippen LogP contribution in [0.5, 0.6) is 0 Å². The van der Waals surface area contributed by atoms with Crippen LogP contribution >= 0.6 is 11.6 Å². The molecule has 1 aromatic carbocycles. The lowest BCUT2D eigenvalue weighted by Crippen LogP contribution is -2.39. The second kappa shape index (κ2) is 6.41. The van der Waals surface area contributed by atoms with Crippen molar-refractivity contribution in [3.8, 4) is 0 Å². The molecule has 0 unspecified atom stereocenters. The minimum absolute atomic E-state index is 0.116. The number of benzene rings is 1. The highest BCUT2D eigenvalue weighted by atomic mass is 35.5. The van der Waals surface area contributed by atoms with Crippen LogP contribution < -0.4 is 5.32 Å². The maximum atomic E-state index is 11.9. The number of aliphatic hydroxyl groups is 1. The molecule has 100 valence electrons. The third-order valence-electron chi connectivity index (χ3n) is 2.77. The Morgan fingerprint density at radius 3 is 2.68 bits per heavy atom. The molecule has 0 saturated carbocycles. The fraction of sp³-hybridized carbons (Fsp3) is 0.214. The SMILES string of the molecule is O=C(N[C@@H](CO)Cc1ccccc1)c1cc(Cl)c[nH]1. The van der Waals surface area contributed by atoms with Gasteiger partial charge in [0.1, 0.15) is 5.69 Å². The van der Waals surface area contributed by atoms with Crippen LogP contribution in [0, 0.1) is 0 Å². The van der Waals surface area contributed by atoms with Crippen LogP contribution in [0.2, 0.25) is 5.02 Å². The van der Waals surface area contributed by atoms with Crippen molar-refractivity contribution in [3.05, 3.63) is 58.9 Å². The van der Waals surface area contributed by atoms with E-state index in [1.165, 1.54) is 0 Å². The van der Waals surface area contributed by atoms with Crippen molar-refractivity contribution < 1.29 is 9.90 Å². The Morgan fingerprint density at radius 2 is 2.11 bits per heavy atom. The topological polar surface area (TPSA) is 65.1 Å². The van der Waals surface area contributed by atoms with E-state index in [4.69, 9.17) is 11.6 Å². The number of H-pyrrole nitrogens is 1. The molecule has 1 aromatic heterocycles. The first kappa shape index (κ1) is 13.6. The van der Waals surface area contributed by atoms with Gasteiger partial charge in [0.05, 0.1) is 17.7 Å². The van der Waals surface area contributed by atoms with Gasteiger partial charge >= 0.3 is 0 Å². The highest BCUT2D eigenvalue weighted by Crippen LogP contribution is 2.10. The van der Waals surface area contributed by atoms with Crippen LogP contribution in [-0.4, -0.2) is 28.6 Å². The van der Waals surface area contributed by atoms with E-state index in [2.05, 4.69) is 10.3 Å². The minimum atomic E-state index is -0.322. The molecule has 0 bridgehead atoms. The number of rotatable bonds is 5. The van der Waals surface area contributed by atoms with Crippen LogP contribution in [0.25, 0.3) is 0 Å². The molecule has 0 aliphatic rings. The van der Waals surface area contributed by atoms with Crippen molar-refractivity contribution in [1.29, 1.82) is 0 Å². The number of carbonyl (C=O) groups excluding carboxylic acids is 1. The summed E-state index contributed by atoms with van der Waals surface area (Å²) in [5.74, 6) is -0.276. The summed E-state index contributed by atoms with van der Waals surface area (Å²) in [6.07, 6.45) is 2.12. The van der Waals surface area contributed by atoms with Crippen molar-refractivity contribution in [1.82, 2.24) is 10.3 Å². The Balaban J connectivity index is 1.97. The summed E-state index contributed by atoms with van der Waals surface area (Å²) in [5.41, 5.74) is 1.45. The van der Waals surface area contributed by atoms with Crippen molar-refractivity contribution in [3.63, 3.8) is 0 Å². The van der Waals surface area contributed by atoms with Gasteiger partial charge in [-0.15, -0.1) is 0 Å². The van der Waals surface area contributed by atoms with Gasteiger partial charge in [-0.25, -0.2) is 0 Å². The number of hydrogen-bond acceptors (Lipinski definition) is 2. The summed E-state index contributed by atoms with van der Waals surface area (Å²) < 4.78 is 0. The molecule has 1 amide bonds. The maximum Gasteiger partial charge on any atom is 0.268 e. The van der Waals surface area contributed by atoms with Crippen LogP contribution in [0.3, 0.4) is 0 Å². The summed E-state index contributed by atoms with van der Waals surface area (Å²) in [4.78, 5) is 14.7. The zero-order chi connectivity index (χ0) is 13.7. The summed E-state index contributed by atoms with van der Waals surface area (Å²) in [7, 11) is 0. The smallest absolute Gasteiger partial charge is 0.268 e. The van der Waals surface area contributed by atoms with Gasteiger partial charge in [-0.05, 0) is 18.1 Å². The van der Waals surface area contributed by atoms with E-state index >= 15 is 0 Å². The lowest BCUT2D eigenvalue weighted by atomic mass is 10.1. The molecule has 1 heterocycles.